The van der Waals surface area contributed by atoms with Crippen molar-refractivity contribution >= 4 is 109 Å². The summed E-state index contributed by atoms with van der Waals surface area (Å²) in [6.07, 6.45) is 0. The molecule has 0 bridgehead atoms. The van der Waals surface area contributed by atoms with Crippen LogP contribution in [0.25, 0.3) is 209 Å². The van der Waals surface area contributed by atoms with Gasteiger partial charge in [0.2, 0.25) is 0 Å². The van der Waals surface area contributed by atoms with Crippen LogP contribution in [-0.4, -0.2) is 0 Å². The molecule has 0 fully saturated rings. The van der Waals surface area contributed by atoms with Gasteiger partial charge in [0.15, 0.2) is 0 Å². The van der Waals surface area contributed by atoms with Crippen molar-refractivity contribution in [2.75, 3.05) is 0 Å². The standard InChI is InChI=1S/C57H38O.C48H30O/c1-57(2)49-26-14-12-20-40(49)48-34-36(28-32-50(48)57)54-45(31-33-52-56(54)47-25-13-15-27-51(47)58-52)39-29-30-46(38-19-7-6-18-37(38)39)55-43-23-10-8-21-41(43)53(35-16-4-3-5-17-35)42-22-9-11-24-44(42)55;1-3-15-31(16-4-1)45-36-21-9-11-23-38(36)47(39-24-12-10-22-37(39)45)41-28-27-35(33-19-7-8-20-34(33)41)40-29-30-44-48(42-25-13-14-26-43(42)49-44)46(40)32-17-5-2-6-18-32/h3-34H,1-2H3;1-30H/i3D,4D,5D,16D,17D;1D,3D,4D,15D,16D. The molecule has 1 aliphatic rings. The average Bonchev–Trinajstić information content (AvgIpc) is 1.71. The molecule has 107 heavy (non-hydrogen) atoms. The van der Waals surface area contributed by atoms with E-state index in [-0.39, 0.29) is 64.9 Å². The Hall–Kier alpha value is -13.7. The molecule has 0 saturated carbocycles. The van der Waals surface area contributed by atoms with Gasteiger partial charge < -0.3 is 8.83 Å². The van der Waals surface area contributed by atoms with Crippen LogP contribution in [-0.2, 0) is 5.41 Å². The van der Waals surface area contributed by atoms with Crippen molar-refractivity contribution < 1.29 is 22.5 Å². The number of para-hydroxylation sites is 2. The quantitative estimate of drug-likeness (QED) is 0.142. The summed E-state index contributed by atoms with van der Waals surface area (Å²) in [6.45, 7) is 4.63. The number of hydrogen-bond donors (Lipinski definition) is 0. The lowest BCUT2D eigenvalue weighted by Crippen LogP contribution is -2.14. The SMILES string of the molecule is [2H]c1c([2H])c([2H])c(-c2c3ccccc3c(-c3ccc(-c4ccc5oc6ccccc6c5c4-c4ccc5c(c4)-c4ccccc4C5(C)C)c4ccccc34)c3ccccc23)c([2H])c1[2H].[2H]c1c([2H])c([2H])c(-c2c3ccccc3c(-c3ccc(-c4ccc5oc6ccccc6c5c4-c4ccccc4)c4ccccc34)c3ccccc23)c([2H])c1[2H]. The van der Waals surface area contributed by atoms with E-state index in [2.05, 4.69) is 226 Å². The van der Waals surface area contributed by atoms with Crippen LogP contribution in [0.4, 0.5) is 0 Å². The highest BCUT2D eigenvalue weighted by atomic mass is 16.3. The Morgan fingerprint density at radius 2 is 0.533 bits per heavy atom. The number of furan rings is 2. The molecular formula is C105H68O2. The third-order valence-corrected chi connectivity index (χ3v) is 22.4. The van der Waals surface area contributed by atoms with Crippen molar-refractivity contribution in [1.29, 1.82) is 0 Å². The van der Waals surface area contributed by atoms with Gasteiger partial charge in [0.25, 0.3) is 0 Å². The Morgan fingerprint density at radius 3 is 0.972 bits per heavy atom. The second-order valence-corrected chi connectivity index (χ2v) is 28.3. The summed E-state index contributed by atoms with van der Waals surface area (Å²) in [5.74, 6) is 0. The lowest BCUT2D eigenvalue weighted by molar-refractivity contribution is 0.660. The Bertz CT molecular complexity index is 7700. The molecule has 2 aromatic heterocycles. The molecule has 0 N–H and O–H groups in total. The molecule has 0 spiro atoms. The fraction of sp³-hybridized carbons (Fsp3) is 0.0286. The number of fused-ring (bicyclic) bond motifs is 15. The minimum atomic E-state index is -0.403. The van der Waals surface area contributed by atoms with E-state index < -0.39 is 12.1 Å². The van der Waals surface area contributed by atoms with E-state index in [1.54, 1.807) is 0 Å². The molecule has 0 saturated heterocycles. The summed E-state index contributed by atoms with van der Waals surface area (Å²) in [6, 6.07) is 107. The fourth-order valence-electron chi connectivity index (χ4n) is 17.8. The van der Waals surface area contributed by atoms with Crippen LogP contribution in [0.5, 0.6) is 0 Å². The summed E-state index contributed by atoms with van der Waals surface area (Å²) >= 11 is 0. The van der Waals surface area contributed by atoms with Crippen LogP contribution in [0.1, 0.15) is 38.7 Å². The van der Waals surface area contributed by atoms with E-state index in [4.69, 9.17) is 22.5 Å². The minimum absolute atomic E-state index is 0.116. The van der Waals surface area contributed by atoms with Gasteiger partial charge in [0.05, 0.1) is 13.7 Å². The van der Waals surface area contributed by atoms with E-state index >= 15 is 0 Å². The van der Waals surface area contributed by atoms with Crippen molar-refractivity contribution in [3.8, 4) is 100 Å². The average molecular weight is 1370 g/mol. The molecule has 2 heteroatoms. The van der Waals surface area contributed by atoms with E-state index in [1.165, 1.54) is 22.3 Å². The molecule has 0 unspecified atom stereocenters. The molecule has 0 amide bonds. The van der Waals surface area contributed by atoms with Crippen molar-refractivity contribution in [2.45, 2.75) is 19.3 Å². The number of rotatable bonds is 8. The normalized spacial score (nSPS) is 13.8. The molecular weight excluding hydrogens is 1290 g/mol. The molecule has 0 atom stereocenters. The van der Waals surface area contributed by atoms with Gasteiger partial charge in [-0.3, -0.25) is 0 Å². The van der Waals surface area contributed by atoms with Crippen molar-refractivity contribution in [1.82, 2.24) is 0 Å². The highest BCUT2D eigenvalue weighted by Crippen LogP contribution is 2.55. The predicted molar refractivity (Wildman–Crippen MR) is 454 cm³/mol. The first-order chi connectivity index (χ1) is 57.0. The van der Waals surface area contributed by atoms with Crippen LogP contribution in [0.3, 0.4) is 0 Å². The van der Waals surface area contributed by atoms with E-state index in [0.29, 0.717) is 11.1 Å². The van der Waals surface area contributed by atoms with Gasteiger partial charge in [-0.2, -0.15) is 0 Å². The van der Waals surface area contributed by atoms with Crippen LogP contribution < -0.4 is 0 Å². The monoisotopic (exact) mass is 1370 g/mol. The summed E-state index contributed by atoms with van der Waals surface area (Å²) in [7, 11) is 0. The highest BCUT2D eigenvalue weighted by Gasteiger charge is 2.36. The first-order valence-corrected chi connectivity index (χ1v) is 36.3. The molecule has 21 aromatic rings. The van der Waals surface area contributed by atoms with Crippen LogP contribution in [0.15, 0.2) is 385 Å². The summed E-state index contributed by atoms with van der Waals surface area (Å²) in [4.78, 5) is 0. The van der Waals surface area contributed by atoms with Gasteiger partial charge >= 0.3 is 0 Å². The summed E-state index contributed by atoms with van der Waals surface area (Å²) in [5, 5.41) is 15.7. The second-order valence-electron chi connectivity index (χ2n) is 28.3. The summed E-state index contributed by atoms with van der Waals surface area (Å²) in [5.41, 5.74) is 23.2. The van der Waals surface area contributed by atoms with Crippen molar-refractivity contribution in [2.24, 2.45) is 0 Å². The van der Waals surface area contributed by atoms with Crippen molar-refractivity contribution in [3.63, 3.8) is 0 Å². The molecule has 19 aromatic carbocycles. The van der Waals surface area contributed by atoms with Crippen LogP contribution >= 0.6 is 0 Å². The first-order valence-electron chi connectivity index (χ1n) is 41.3. The van der Waals surface area contributed by atoms with Crippen molar-refractivity contribution in [3.05, 3.63) is 387 Å². The fourth-order valence-corrected chi connectivity index (χ4v) is 17.8. The third kappa shape index (κ3) is 9.73. The lowest BCUT2D eigenvalue weighted by atomic mass is 9.81. The van der Waals surface area contributed by atoms with E-state index in [1.807, 2.05) is 103 Å². The molecule has 500 valence electrons. The van der Waals surface area contributed by atoms with Crippen LogP contribution in [0, 0.1) is 0 Å². The predicted octanol–water partition coefficient (Wildman–Crippen LogP) is 29.7. The van der Waals surface area contributed by atoms with Gasteiger partial charge in [-0.25, -0.2) is 0 Å². The van der Waals surface area contributed by atoms with Crippen LogP contribution in [0.2, 0.25) is 0 Å². The van der Waals surface area contributed by atoms with Gasteiger partial charge in [0.1, 0.15) is 22.3 Å². The third-order valence-electron chi connectivity index (χ3n) is 22.4. The molecule has 2 nitrogen and oxygen atoms in total. The number of hydrogen-bond acceptors (Lipinski definition) is 2. The maximum atomic E-state index is 9.03. The van der Waals surface area contributed by atoms with E-state index in [9.17, 15) is 0 Å². The molecule has 0 aliphatic heterocycles. The zero-order valence-electron chi connectivity index (χ0n) is 68.3. The molecule has 22 rings (SSSR count). The Balaban J connectivity index is 0.000000148. The second kappa shape index (κ2) is 24.8. The Labute approximate surface area is 634 Å². The topological polar surface area (TPSA) is 26.3 Å². The van der Waals surface area contributed by atoms with E-state index in [0.717, 1.165) is 175 Å². The first kappa shape index (κ1) is 52.3. The van der Waals surface area contributed by atoms with Gasteiger partial charge in [-0.15, -0.1) is 0 Å². The summed E-state index contributed by atoms with van der Waals surface area (Å²) < 4.78 is 99.6. The molecule has 1 aliphatic carbocycles. The maximum Gasteiger partial charge on any atom is 0.136 e. The van der Waals surface area contributed by atoms with Gasteiger partial charge in [-0.1, -0.05) is 347 Å². The zero-order valence-corrected chi connectivity index (χ0v) is 58.3. The zero-order chi connectivity index (χ0) is 79.6. The molecule has 2 heterocycles. The number of benzene rings is 19. The smallest absolute Gasteiger partial charge is 0.136 e. The van der Waals surface area contributed by atoms with Gasteiger partial charge in [-0.05, 0) is 207 Å². The lowest BCUT2D eigenvalue weighted by Gasteiger charge is -2.22. The Morgan fingerprint density at radius 1 is 0.206 bits per heavy atom. The maximum absolute atomic E-state index is 9.03. The largest absolute Gasteiger partial charge is 0.456 e. The Kier molecular flexibility index (Phi) is 12.1. The highest BCUT2D eigenvalue weighted by molar-refractivity contribution is 6.28. The minimum Gasteiger partial charge on any atom is -0.456 e. The van der Waals surface area contributed by atoms with Gasteiger partial charge in [0, 0.05) is 38.1 Å². The molecule has 0 radical (unpaired) electrons.